The quantitative estimate of drug-likeness (QED) is 0.275. The second-order valence-corrected chi connectivity index (χ2v) is 19.2. The number of thioether (sulfide) groups is 2. The maximum atomic E-state index is 4.04. The van der Waals surface area contributed by atoms with E-state index in [0.29, 0.717) is 0 Å². The van der Waals surface area contributed by atoms with E-state index in [4.69, 9.17) is 0 Å². The summed E-state index contributed by atoms with van der Waals surface area (Å²) >= 11 is 12.5. The zero-order valence-electron chi connectivity index (χ0n) is 16.3. The molecule has 0 aromatic rings. The van der Waals surface area contributed by atoms with Crippen molar-refractivity contribution in [1.82, 2.24) is 0 Å². The Bertz CT molecular complexity index is 592. The molecule has 4 rings (SSSR count). The van der Waals surface area contributed by atoms with E-state index in [-0.39, 0.29) is 0 Å². The fourth-order valence-electron chi connectivity index (χ4n) is 7.13. The first-order valence-corrected chi connectivity index (χ1v) is 16.9. The third-order valence-corrected chi connectivity index (χ3v) is 19.5. The summed E-state index contributed by atoms with van der Waals surface area (Å²) in [6, 6.07) is 0. The van der Waals surface area contributed by atoms with E-state index in [1.165, 1.54) is 16.0 Å². The van der Waals surface area contributed by atoms with Gasteiger partial charge in [0, 0.05) is 31.3 Å². The molecule has 5 heteroatoms. The average molecular weight is 525 g/mol. The second-order valence-electron chi connectivity index (χ2n) is 9.72. The molecule has 0 nitrogen and oxygen atoms in total. The van der Waals surface area contributed by atoms with Crippen molar-refractivity contribution in [1.29, 1.82) is 0 Å². The Morgan fingerprint density at radius 3 is 2.32 bits per heavy atom. The molecule has 0 amide bonds. The van der Waals surface area contributed by atoms with Crippen molar-refractivity contribution >= 4 is 63.5 Å². The largest absolute Gasteiger partial charge is 0.157 e. The molecule has 0 aromatic heterocycles. The fourth-order valence-corrected chi connectivity index (χ4v) is 21.4. The molecule has 0 spiro atoms. The van der Waals surface area contributed by atoms with E-state index in [9.17, 15) is 0 Å². The fraction of sp³-hybridized carbons (Fsp3) is 0.900. The first kappa shape index (κ1) is 19.9. The summed E-state index contributed by atoms with van der Waals surface area (Å²) in [4.78, 5) is 0.750. The van der Waals surface area contributed by atoms with Gasteiger partial charge in [-0.3, -0.25) is 0 Å². The van der Waals surface area contributed by atoms with Crippen LogP contribution in [0.25, 0.3) is 0 Å². The third kappa shape index (κ3) is 2.79. The van der Waals surface area contributed by atoms with Gasteiger partial charge in [-0.25, -0.2) is 0 Å². The van der Waals surface area contributed by atoms with Crippen LogP contribution < -0.4 is 0 Å². The summed E-state index contributed by atoms with van der Waals surface area (Å²) in [5, 5.41) is 1.73. The van der Waals surface area contributed by atoms with Crippen LogP contribution in [0, 0.1) is 29.6 Å². The minimum Gasteiger partial charge on any atom is -0.157 e. The van der Waals surface area contributed by atoms with Gasteiger partial charge in [0.25, 0.3) is 0 Å². The zero-order valence-corrected chi connectivity index (χ0v) is 22.1. The summed E-state index contributed by atoms with van der Waals surface area (Å²) in [5.41, 5.74) is 3.72. The molecule has 0 aromatic carbocycles. The lowest BCUT2D eigenvalue weighted by Gasteiger charge is -2.45. The van der Waals surface area contributed by atoms with Gasteiger partial charge in [0.15, 0.2) is 0 Å². The van der Waals surface area contributed by atoms with Gasteiger partial charge in [-0.05, 0) is 46.2 Å². The number of rotatable bonds is 2. The molecule has 4 aliphatic rings. The maximum absolute atomic E-state index is 4.04. The van der Waals surface area contributed by atoms with Gasteiger partial charge in [-0.2, -0.15) is 11.8 Å². The van der Waals surface area contributed by atoms with Crippen molar-refractivity contribution in [2.45, 2.75) is 67.2 Å². The molecule has 10 unspecified atom stereocenters. The molecule has 2 heterocycles. The smallest absolute Gasteiger partial charge is 0.0567 e. The Balaban J connectivity index is 1.70. The molecular weight excluding hydrogens is 492 g/mol. The summed E-state index contributed by atoms with van der Waals surface area (Å²) in [5.74, 6) is 6.87. The highest BCUT2D eigenvalue weighted by atomic mass is 79.9. The molecule has 2 aliphatic heterocycles. The molecule has 2 saturated carbocycles. The lowest BCUT2D eigenvalue weighted by molar-refractivity contribution is 0.364. The van der Waals surface area contributed by atoms with Gasteiger partial charge < -0.3 is 0 Å². The topological polar surface area (TPSA) is 0 Å². The minimum atomic E-state index is -1.40. The maximum Gasteiger partial charge on any atom is 0.0567 e. The van der Waals surface area contributed by atoms with Crippen molar-refractivity contribution in [3.63, 3.8) is 0 Å². The van der Waals surface area contributed by atoms with Gasteiger partial charge in [-0.1, -0.05) is 72.6 Å². The van der Waals surface area contributed by atoms with Crippen LogP contribution in [0.3, 0.4) is 0 Å². The Kier molecular flexibility index (Phi) is 5.45. The first-order chi connectivity index (χ1) is 11.7. The highest BCUT2D eigenvalue weighted by Crippen LogP contribution is 2.67. The molecule has 1 saturated heterocycles. The highest BCUT2D eigenvalue weighted by molar-refractivity contribution is 9.12. The first-order valence-electron chi connectivity index (χ1n) is 9.93. The van der Waals surface area contributed by atoms with Gasteiger partial charge in [-0.15, -0.1) is 11.8 Å². The minimum absolute atomic E-state index is 0.750. The Labute approximate surface area is 180 Å². The number of fused-ring (bicyclic) bond motifs is 2. The molecular formula is C20H32Br2S2Si. The SMILES string of the molecule is CC1C2=C(Br)CSC2C([Si](C)(C)C2C(C)C(C)C3C(Br)CSC32)C1C. The van der Waals surface area contributed by atoms with Crippen LogP contribution in [0.15, 0.2) is 10.1 Å². The predicted octanol–water partition coefficient (Wildman–Crippen LogP) is 7.27. The summed E-state index contributed by atoms with van der Waals surface area (Å²) in [6.07, 6.45) is 0. The summed E-state index contributed by atoms with van der Waals surface area (Å²) in [7, 11) is -1.40. The zero-order chi connectivity index (χ0) is 18.3. The van der Waals surface area contributed by atoms with Crippen molar-refractivity contribution < 1.29 is 0 Å². The monoisotopic (exact) mass is 522 g/mol. The van der Waals surface area contributed by atoms with E-state index in [1.54, 1.807) is 5.57 Å². The number of hydrogen-bond donors (Lipinski definition) is 0. The van der Waals surface area contributed by atoms with Crippen LogP contribution in [0.2, 0.25) is 24.2 Å². The van der Waals surface area contributed by atoms with Crippen LogP contribution in [0.4, 0.5) is 0 Å². The predicted molar refractivity (Wildman–Crippen MR) is 126 cm³/mol. The van der Waals surface area contributed by atoms with Crippen LogP contribution in [0.1, 0.15) is 27.7 Å². The third-order valence-electron chi connectivity index (χ3n) is 8.50. The van der Waals surface area contributed by atoms with Crippen molar-refractivity contribution in [3.8, 4) is 0 Å². The van der Waals surface area contributed by atoms with Gasteiger partial charge in [0.05, 0.1) is 8.07 Å². The van der Waals surface area contributed by atoms with Gasteiger partial charge in [0.2, 0.25) is 0 Å². The van der Waals surface area contributed by atoms with Crippen LogP contribution in [-0.2, 0) is 0 Å². The second kappa shape index (κ2) is 6.85. The van der Waals surface area contributed by atoms with E-state index in [0.717, 1.165) is 56.0 Å². The van der Waals surface area contributed by atoms with E-state index < -0.39 is 8.07 Å². The van der Waals surface area contributed by atoms with Crippen molar-refractivity contribution in [2.75, 3.05) is 11.5 Å². The summed E-state index contributed by atoms with van der Waals surface area (Å²) in [6.45, 7) is 15.8. The molecule has 3 fully saturated rings. The number of hydrogen-bond acceptors (Lipinski definition) is 2. The van der Waals surface area contributed by atoms with E-state index in [2.05, 4.69) is 96.2 Å². The Morgan fingerprint density at radius 1 is 0.960 bits per heavy atom. The average Bonchev–Trinajstić information content (AvgIpc) is 3.21. The number of halogens is 2. The molecule has 0 N–H and O–H groups in total. The molecule has 2 aliphatic carbocycles. The molecule has 25 heavy (non-hydrogen) atoms. The normalized spacial score (nSPS) is 52.8. The molecule has 142 valence electrons. The standard InChI is InChI=1S/C20H32Br2S2Si/c1-9-11(3)19(17-15(9)13(21)7-23-17)25(5,6)20-12(4)10(2)16-14(22)8-24-18(16)20/h9-13,15,17-20H,7-8H2,1-6H3. The van der Waals surface area contributed by atoms with Gasteiger partial charge >= 0.3 is 0 Å². The van der Waals surface area contributed by atoms with Crippen LogP contribution in [0.5, 0.6) is 0 Å². The van der Waals surface area contributed by atoms with Crippen molar-refractivity contribution in [3.05, 3.63) is 10.1 Å². The summed E-state index contributed by atoms with van der Waals surface area (Å²) < 4.78 is 1.54. The van der Waals surface area contributed by atoms with Gasteiger partial charge in [0.1, 0.15) is 0 Å². The Morgan fingerprint density at radius 2 is 1.64 bits per heavy atom. The van der Waals surface area contributed by atoms with E-state index >= 15 is 0 Å². The number of alkyl halides is 1. The van der Waals surface area contributed by atoms with Crippen LogP contribution >= 0.6 is 55.4 Å². The van der Waals surface area contributed by atoms with Crippen molar-refractivity contribution in [2.24, 2.45) is 29.6 Å². The molecule has 0 bridgehead atoms. The highest BCUT2D eigenvalue weighted by Gasteiger charge is 2.62. The Hall–Kier alpha value is 1.62. The van der Waals surface area contributed by atoms with Crippen LogP contribution in [-0.4, -0.2) is 34.9 Å². The lowest BCUT2D eigenvalue weighted by Crippen LogP contribution is -2.47. The molecule has 0 radical (unpaired) electrons. The lowest BCUT2D eigenvalue weighted by atomic mass is 9.91. The molecule has 10 atom stereocenters. The van der Waals surface area contributed by atoms with E-state index in [1.807, 2.05) is 0 Å².